The minimum Gasteiger partial charge on any atom is -0.469 e. The summed E-state index contributed by atoms with van der Waals surface area (Å²) in [5.74, 6) is -3.55. The van der Waals surface area contributed by atoms with Gasteiger partial charge in [-0.1, -0.05) is 0 Å². The van der Waals surface area contributed by atoms with Gasteiger partial charge in [-0.15, -0.1) is 0 Å². The number of Topliss-reactive ketones (excluding diaryl/α,β-unsaturated/α-hetero) is 1. The molecule has 29 heavy (non-hydrogen) atoms. The Morgan fingerprint density at radius 3 is 2.21 bits per heavy atom. The van der Waals surface area contributed by atoms with Gasteiger partial charge >= 0.3 is 6.03 Å². The van der Waals surface area contributed by atoms with E-state index in [1.807, 2.05) is 0 Å². The zero-order chi connectivity index (χ0) is 21.1. The molecule has 4 rings (SSSR count). The van der Waals surface area contributed by atoms with Crippen molar-refractivity contribution in [3.63, 3.8) is 0 Å². The summed E-state index contributed by atoms with van der Waals surface area (Å²) in [6.07, 6.45) is 0.726. The van der Waals surface area contributed by atoms with Gasteiger partial charge in [0.25, 0.3) is 0 Å². The molecule has 0 radical (unpaired) electrons. The average Bonchev–Trinajstić information content (AvgIpc) is 3.33. The van der Waals surface area contributed by atoms with E-state index >= 15 is 0 Å². The highest BCUT2D eigenvalue weighted by Gasteiger charge is 2.69. The molecule has 1 aliphatic carbocycles. The number of barbiturate groups is 1. The Morgan fingerprint density at radius 1 is 1.03 bits per heavy atom. The summed E-state index contributed by atoms with van der Waals surface area (Å²) in [5, 5.41) is 0. The van der Waals surface area contributed by atoms with Gasteiger partial charge in [0.1, 0.15) is 17.0 Å². The second-order valence-corrected chi connectivity index (χ2v) is 8.37. The number of hydrogen-bond donors (Lipinski definition) is 0. The van der Waals surface area contributed by atoms with E-state index in [2.05, 4.69) is 0 Å². The lowest BCUT2D eigenvalue weighted by Gasteiger charge is -2.51. The zero-order valence-electron chi connectivity index (χ0n) is 16.8. The minimum absolute atomic E-state index is 0.0192. The first-order chi connectivity index (χ1) is 13.6. The van der Waals surface area contributed by atoms with Crippen molar-refractivity contribution in [2.45, 2.75) is 44.5 Å². The van der Waals surface area contributed by atoms with Gasteiger partial charge in [0.2, 0.25) is 11.8 Å². The van der Waals surface area contributed by atoms with Crippen molar-refractivity contribution < 1.29 is 33.1 Å². The van der Waals surface area contributed by atoms with Crippen molar-refractivity contribution in [1.82, 2.24) is 9.80 Å². The fourth-order valence-electron chi connectivity index (χ4n) is 4.95. The molecule has 0 aromatic carbocycles. The van der Waals surface area contributed by atoms with Gasteiger partial charge in [0, 0.05) is 38.8 Å². The van der Waals surface area contributed by atoms with Crippen molar-refractivity contribution in [1.29, 1.82) is 0 Å². The van der Waals surface area contributed by atoms with E-state index in [0.717, 1.165) is 9.80 Å². The quantitative estimate of drug-likeness (QED) is 0.688. The number of amides is 4. The van der Waals surface area contributed by atoms with Crippen LogP contribution in [-0.4, -0.2) is 66.0 Å². The topological polar surface area (TPSA) is 106 Å². The molecule has 9 heteroatoms. The number of furan rings is 1. The summed E-state index contributed by atoms with van der Waals surface area (Å²) in [5.41, 5.74) is -1.70. The molecule has 1 spiro atoms. The number of hydrogen-bond acceptors (Lipinski definition) is 7. The van der Waals surface area contributed by atoms with Gasteiger partial charge in [-0.3, -0.25) is 24.2 Å². The summed E-state index contributed by atoms with van der Waals surface area (Å²) >= 11 is 0. The maximum absolute atomic E-state index is 13.6. The predicted octanol–water partition coefficient (Wildman–Crippen LogP) is 1.53. The molecule has 0 bridgehead atoms. The van der Waals surface area contributed by atoms with E-state index in [1.165, 1.54) is 20.4 Å². The first kappa shape index (κ1) is 19.8. The van der Waals surface area contributed by atoms with Gasteiger partial charge in [-0.05, 0) is 26.0 Å². The SMILES string of the molecule is CN1C(=O)N(C)C(=O)C2(C1=O)[C@@H](c1ccco1)CC(=O)C[C@H]2[C@H]1COC(C)(C)O1. The van der Waals surface area contributed by atoms with Crippen LogP contribution in [-0.2, 0) is 23.9 Å². The van der Waals surface area contributed by atoms with Crippen molar-refractivity contribution in [3.8, 4) is 0 Å². The Bertz CT molecular complexity index is 851. The van der Waals surface area contributed by atoms with Crippen molar-refractivity contribution in [2.75, 3.05) is 20.7 Å². The molecule has 1 saturated carbocycles. The summed E-state index contributed by atoms with van der Waals surface area (Å²) in [7, 11) is 2.69. The maximum atomic E-state index is 13.6. The molecule has 3 heterocycles. The van der Waals surface area contributed by atoms with Crippen LogP contribution in [0.25, 0.3) is 0 Å². The van der Waals surface area contributed by atoms with Gasteiger partial charge < -0.3 is 13.9 Å². The molecule has 156 valence electrons. The van der Waals surface area contributed by atoms with Crippen LogP contribution in [0.15, 0.2) is 22.8 Å². The molecule has 0 unspecified atom stereocenters. The molecular formula is C20H24N2O7. The van der Waals surface area contributed by atoms with Gasteiger partial charge in [-0.25, -0.2) is 4.79 Å². The van der Waals surface area contributed by atoms with E-state index < -0.39 is 47.0 Å². The second-order valence-electron chi connectivity index (χ2n) is 8.37. The average molecular weight is 404 g/mol. The van der Waals surface area contributed by atoms with Crippen LogP contribution in [0.2, 0.25) is 0 Å². The summed E-state index contributed by atoms with van der Waals surface area (Å²) in [6, 6.07) is 2.59. The first-order valence-corrected chi connectivity index (χ1v) is 9.56. The summed E-state index contributed by atoms with van der Waals surface area (Å²) in [6.45, 7) is 3.61. The van der Waals surface area contributed by atoms with Gasteiger partial charge in [0.05, 0.1) is 19.0 Å². The van der Waals surface area contributed by atoms with Crippen molar-refractivity contribution in [3.05, 3.63) is 24.2 Å². The Morgan fingerprint density at radius 2 is 1.69 bits per heavy atom. The van der Waals surface area contributed by atoms with Crippen LogP contribution in [0.4, 0.5) is 4.79 Å². The Kier molecular flexibility index (Phi) is 4.43. The third kappa shape index (κ3) is 2.75. The van der Waals surface area contributed by atoms with E-state index in [9.17, 15) is 19.2 Å². The van der Waals surface area contributed by atoms with E-state index in [-0.39, 0.29) is 25.2 Å². The zero-order valence-corrected chi connectivity index (χ0v) is 16.8. The molecule has 2 aliphatic heterocycles. The highest BCUT2D eigenvalue weighted by atomic mass is 16.7. The van der Waals surface area contributed by atoms with Crippen LogP contribution < -0.4 is 0 Å². The molecule has 4 amide bonds. The highest BCUT2D eigenvalue weighted by Crippen LogP contribution is 2.56. The van der Waals surface area contributed by atoms with Gasteiger partial charge in [0.15, 0.2) is 5.79 Å². The van der Waals surface area contributed by atoms with Gasteiger partial charge in [-0.2, -0.15) is 0 Å². The Hall–Kier alpha value is -2.52. The molecule has 1 aromatic rings. The van der Waals surface area contributed by atoms with Crippen LogP contribution in [0.3, 0.4) is 0 Å². The number of carbonyl (C=O) groups excluding carboxylic acids is 4. The summed E-state index contributed by atoms with van der Waals surface area (Å²) in [4.78, 5) is 54.3. The molecule has 2 saturated heterocycles. The second kappa shape index (κ2) is 6.50. The Labute approximate surface area is 167 Å². The maximum Gasteiger partial charge on any atom is 0.332 e. The van der Waals surface area contributed by atoms with Crippen LogP contribution in [0.1, 0.15) is 38.4 Å². The molecule has 3 fully saturated rings. The smallest absolute Gasteiger partial charge is 0.332 e. The standard InChI is InChI=1S/C20H24N2O7/c1-19(2)28-10-15(29-19)13-9-11(23)8-12(14-6-5-7-27-14)20(13)16(24)21(3)18(26)22(4)17(20)25/h5-7,12-13,15H,8-10H2,1-4H3/t12-,13+,15-/m1/s1. The van der Waals surface area contributed by atoms with Crippen LogP contribution in [0.5, 0.6) is 0 Å². The predicted molar refractivity (Wildman–Crippen MR) is 97.5 cm³/mol. The number of nitrogens with zero attached hydrogens (tertiary/aromatic N) is 2. The monoisotopic (exact) mass is 404 g/mol. The third-order valence-corrected chi connectivity index (χ3v) is 6.27. The number of carbonyl (C=O) groups is 4. The number of rotatable bonds is 2. The lowest BCUT2D eigenvalue weighted by Crippen LogP contribution is -2.70. The molecule has 3 atom stereocenters. The van der Waals surface area contributed by atoms with E-state index in [0.29, 0.717) is 5.76 Å². The van der Waals surface area contributed by atoms with Crippen molar-refractivity contribution in [2.24, 2.45) is 11.3 Å². The molecule has 3 aliphatic rings. The molecular weight excluding hydrogens is 380 g/mol. The van der Waals surface area contributed by atoms with Crippen molar-refractivity contribution >= 4 is 23.6 Å². The molecule has 0 N–H and O–H groups in total. The number of imide groups is 2. The molecule has 9 nitrogen and oxygen atoms in total. The summed E-state index contributed by atoms with van der Waals surface area (Å²) < 4.78 is 17.2. The fraction of sp³-hybridized carbons (Fsp3) is 0.600. The fourth-order valence-corrected chi connectivity index (χ4v) is 4.95. The van der Waals surface area contributed by atoms with E-state index in [1.54, 1.807) is 26.0 Å². The normalized spacial score (nSPS) is 31.8. The van der Waals surface area contributed by atoms with Crippen LogP contribution in [0, 0.1) is 11.3 Å². The van der Waals surface area contributed by atoms with Crippen LogP contribution >= 0.6 is 0 Å². The third-order valence-electron chi connectivity index (χ3n) is 6.27. The first-order valence-electron chi connectivity index (χ1n) is 9.56. The number of ketones is 1. The Balaban J connectivity index is 1.91. The number of urea groups is 1. The lowest BCUT2D eigenvalue weighted by molar-refractivity contribution is -0.182. The highest BCUT2D eigenvalue weighted by molar-refractivity contribution is 6.20. The largest absolute Gasteiger partial charge is 0.469 e. The minimum atomic E-state index is -1.70. The lowest BCUT2D eigenvalue weighted by atomic mass is 9.55. The number of ether oxygens (including phenoxy) is 2. The molecule has 1 aromatic heterocycles. The van der Waals surface area contributed by atoms with E-state index in [4.69, 9.17) is 13.9 Å².